The Kier molecular flexibility index (Phi) is 3.84. The normalized spacial score (nSPS) is 34.4. The van der Waals surface area contributed by atoms with Crippen LogP contribution in [0, 0.1) is 29.1 Å². The van der Waals surface area contributed by atoms with Crippen LogP contribution >= 0.6 is 0 Å². The van der Waals surface area contributed by atoms with E-state index >= 15 is 0 Å². The third kappa shape index (κ3) is 2.79. The van der Waals surface area contributed by atoms with Crippen LogP contribution in [0.4, 0.5) is 0 Å². The lowest BCUT2D eigenvalue weighted by Gasteiger charge is -2.44. The average molecular weight is 242 g/mol. The van der Waals surface area contributed by atoms with Gasteiger partial charge in [-0.2, -0.15) is 0 Å². The summed E-state index contributed by atoms with van der Waals surface area (Å²) in [6.45, 7) is 8.15. The zero-order valence-corrected chi connectivity index (χ0v) is 10.9. The highest BCUT2D eigenvalue weighted by atomic mass is 16.4. The second-order valence-corrected chi connectivity index (χ2v) is 6.22. The summed E-state index contributed by atoms with van der Waals surface area (Å²) in [6, 6.07) is 0. The second kappa shape index (κ2) is 4.67. The molecule has 1 aliphatic carbocycles. The number of hydrogen-bond donors (Lipinski definition) is 2. The van der Waals surface area contributed by atoms with Crippen molar-refractivity contribution in [3.63, 3.8) is 0 Å². The van der Waals surface area contributed by atoms with Gasteiger partial charge in [0.05, 0.1) is 11.8 Å². The summed E-state index contributed by atoms with van der Waals surface area (Å²) in [5, 5.41) is 18.3. The predicted molar refractivity (Wildman–Crippen MR) is 63.6 cm³/mol. The molecule has 1 aliphatic rings. The van der Waals surface area contributed by atoms with E-state index in [4.69, 9.17) is 5.11 Å². The van der Waals surface area contributed by atoms with Crippen LogP contribution in [0.2, 0.25) is 0 Å². The molecule has 0 bridgehead atoms. The molecular formula is C13H22O4. The van der Waals surface area contributed by atoms with E-state index in [1.807, 2.05) is 6.92 Å². The molecular weight excluding hydrogens is 220 g/mol. The summed E-state index contributed by atoms with van der Waals surface area (Å²) in [7, 11) is 0. The van der Waals surface area contributed by atoms with Crippen LogP contribution in [0.25, 0.3) is 0 Å². The first-order valence-electron chi connectivity index (χ1n) is 6.12. The highest BCUT2D eigenvalue weighted by Gasteiger charge is 2.47. The van der Waals surface area contributed by atoms with E-state index < -0.39 is 23.8 Å². The molecule has 98 valence electrons. The van der Waals surface area contributed by atoms with Crippen LogP contribution in [-0.4, -0.2) is 22.2 Å². The van der Waals surface area contributed by atoms with Crippen molar-refractivity contribution in [2.45, 2.75) is 40.5 Å². The maximum atomic E-state index is 11.3. The minimum atomic E-state index is -0.975. The largest absolute Gasteiger partial charge is 0.481 e. The van der Waals surface area contributed by atoms with Gasteiger partial charge in [-0.25, -0.2) is 0 Å². The van der Waals surface area contributed by atoms with Crippen LogP contribution in [0.1, 0.15) is 40.5 Å². The lowest BCUT2D eigenvalue weighted by atomic mass is 9.60. The van der Waals surface area contributed by atoms with E-state index in [-0.39, 0.29) is 17.3 Å². The SMILES string of the molecule is CC1C(C(=O)O)C(C(=O)O)CCC1C(C)(C)C. The molecule has 0 amide bonds. The smallest absolute Gasteiger partial charge is 0.307 e. The molecule has 4 nitrogen and oxygen atoms in total. The van der Waals surface area contributed by atoms with Gasteiger partial charge in [-0.1, -0.05) is 27.7 Å². The summed E-state index contributed by atoms with van der Waals surface area (Å²) in [4.78, 5) is 22.4. The second-order valence-electron chi connectivity index (χ2n) is 6.22. The Morgan fingerprint density at radius 3 is 1.94 bits per heavy atom. The molecule has 1 saturated carbocycles. The third-order valence-electron chi connectivity index (χ3n) is 4.14. The highest BCUT2D eigenvalue weighted by molar-refractivity contribution is 5.80. The number of hydrogen-bond acceptors (Lipinski definition) is 2. The van der Waals surface area contributed by atoms with Crippen molar-refractivity contribution in [3.05, 3.63) is 0 Å². The van der Waals surface area contributed by atoms with Gasteiger partial charge in [0.1, 0.15) is 0 Å². The third-order valence-corrected chi connectivity index (χ3v) is 4.14. The first kappa shape index (κ1) is 14.0. The van der Waals surface area contributed by atoms with Gasteiger partial charge in [-0.05, 0) is 30.1 Å². The van der Waals surface area contributed by atoms with Crippen molar-refractivity contribution in [1.82, 2.24) is 0 Å². The number of carbonyl (C=O) groups is 2. The summed E-state index contributed by atoms with van der Waals surface area (Å²) >= 11 is 0. The van der Waals surface area contributed by atoms with Crippen molar-refractivity contribution in [3.8, 4) is 0 Å². The molecule has 2 N–H and O–H groups in total. The minimum Gasteiger partial charge on any atom is -0.481 e. The Labute approximate surface area is 102 Å². The van der Waals surface area contributed by atoms with E-state index in [1.54, 1.807) is 0 Å². The highest BCUT2D eigenvalue weighted by Crippen LogP contribution is 2.46. The summed E-state index contributed by atoms with van der Waals surface area (Å²) in [5.41, 5.74) is 0.0244. The van der Waals surface area contributed by atoms with E-state index in [2.05, 4.69) is 20.8 Å². The van der Waals surface area contributed by atoms with E-state index in [9.17, 15) is 14.7 Å². The van der Waals surface area contributed by atoms with Crippen molar-refractivity contribution < 1.29 is 19.8 Å². The zero-order valence-electron chi connectivity index (χ0n) is 10.9. The first-order valence-corrected chi connectivity index (χ1v) is 6.12. The topological polar surface area (TPSA) is 74.6 Å². The maximum Gasteiger partial charge on any atom is 0.307 e. The van der Waals surface area contributed by atoms with Crippen LogP contribution in [0.5, 0.6) is 0 Å². The van der Waals surface area contributed by atoms with Gasteiger partial charge < -0.3 is 10.2 Å². The minimum absolute atomic E-state index is 0.0244. The molecule has 4 unspecified atom stereocenters. The van der Waals surface area contributed by atoms with Crippen molar-refractivity contribution in [1.29, 1.82) is 0 Å². The quantitative estimate of drug-likeness (QED) is 0.780. The number of carboxylic acids is 2. The molecule has 0 aromatic heterocycles. The standard InChI is InChI=1S/C13H22O4/c1-7-9(13(2,3)4)6-5-8(11(14)15)10(7)12(16)17/h7-10H,5-6H2,1-4H3,(H,14,15)(H,16,17). The van der Waals surface area contributed by atoms with Gasteiger partial charge >= 0.3 is 11.9 Å². The fourth-order valence-corrected chi connectivity index (χ4v) is 3.31. The summed E-state index contributed by atoms with van der Waals surface area (Å²) < 4.78 is 0. The van der Waals surface area contributed by atoms with E-state index in [0.29, 0.717) is 6.42 Å². The maximum absolute atomic E-state index is 11.3. The van der Waals surface area contributed by atoms with Crippen molar-refractivity contribution >= 4 is 11.9 Å². The molecule has 0 radical (unpaired) electrons. The molecule has 4 heteroatoms. The molecule has 1 rings (SSSR count). The molecule has 0 aromatic rings. The average Bonchev–Trinajstić information content (AvgIpc) is 2.13. The van der Waals surface area contributed by atoms with E-state index in [0.717, 1.165) is 6.42 Å². The van der Waals surface area contributed by atoms with Crippen LogP contribution in [-0.2, 0) is 9.59 Å². The number of rotatable bonds is 2. The monoisotopic (exact) mass is 242 g/mol. The number of aliphatic carboxylic acids is 2. The Morgan fingerprint density at radius 2 is 1.59 bits per heavy atom. The van der Waals surface area contributed by atoms with Gasteiger partial charge in [0.15, 0.2) is 0 Å². The molecule has 0 heterocycles. The molecule has 1 fully saturated rings. The molecule has 0 saturated heterocycles. The van der Waals surface area contributed by atoms with Gasteiger partial charge in [-0.3, -0.25) is 9.59 Å². The zero-order chi connectivity index (χ0) is 13.4. The Hall–Kier alpha value is -1.06. The molecule has 0 aromatic carbocycles. The summed E-state index contributed by atoms with van der Waals surface area (Å²) in [5.74, 6) is -3.27. The van der Waals surface area contributed by atoms with Crippen molar-refractivity contribution in [2.75, 3.05) is 0 Å². The van der Waals surface area contributed by atoms with Crippen LogP contribution in [0.15, 0.2) is 0 Å². The van der Waals surface area contributed by atoms with Gasteiger partial charge in [0.2, 0.25) is 0 Å². The fourth-order valence-electron chi connectivity index (χ4n) is 3.31. The predicted octanol–water partition coefficient (Wildman–Crippen LogP) is 2.48. The fraction of sp³-hybridized carbons (Fsp3) is 0.846. The first-order chi connectivity index (χ1) is 7.66. The number of carboxylic acid groups (broad SMARTS) is 2. The lowest BCUT2D eigenvalue weighted by Crippen LogP contribution is -2.45. The Balaban J connectivity index is 2.99. The van der Waals surface area contributed by atoms with Crippen molar-refractivity contribution in [2.24, 2.45) is 29.1 Å². The van der Waals surface area contributed by atoms with Gasteiger partial charge in [0, 0.05) is 0 Å². The van der Waals surface area contributed by atoms with Gasteiger partial charge in [0.25, 0.3) is 0 Å². The van der Waals surface area contributed by atoms with Crippen LogP contribution in [0.3, 0.4) is 0 Å². The van der Waals surface area contributed by atoms with E-state index in [1.165, 1.54) is 0 Å². The molecule has 0 spiro atoms. The lowest BCUT2D eigenvalue weighted by molar-refractivity contribution is -0.161. The Morgan fingerprint density at radius 1 is 1.06 bits per heavy atom. The molecule has 17 heavy (non-hydrogen) atoms. The van der Waals surface area contributed by atoms with Crippen LogP contribution < -0.4 is 0 Å². The van der Waals surface area contributed by atoms with Gasteiger partial charge in [-0.15, -0.1) is 0 Å². The molecule has 0 aliphatic heterocycles. The summed E-state index contributed by atoms with van der Waals surface area (Å²) in [6.07, 6.45) is 1.27. The Bertz CT molecular complexity index is 316. The molecule has 4 atom stereocenters.